The van der Waals surface area contributed by atoms with E-state index in [1.165, 1.54) is 24.3 Å². The van der Waals surface area contributed by atoms with E-state index in [1.807, 2.05) is 13.8 Å². The fourth-order valence-corrected chi connectivity index (χ4v) is 5.94. The van der Waals surface area contributed by atoms with Gasteiger partial charge in [-0.15, -0.1) is 0 Å². The van der Waals surface area contributed by atoms with Gasteiger partial charge < -0.3 is 19.4 Å². The average molecular weight is 597 g/mol. The quantitative estimate of drug-likeness (QED) is 0.307. The first-order chi connectivity index (χ1) is 19.6. The van der Waals surface area contributed by atoms with Crippen molar-refractivity contribution in [3.8, 4) is 23.3 Å². The molecule has 4 heterocycles. The first-order valence-electron chi connectivity index (χ1n) is 12.7. The summed E-state index contributed by atoms with van der Waals surface area (Å²) in [6.45, 7) is 5.94. The van der Waals surface area contributed by atoms with E-state index in [0.29, 0.717) is 40.0 Å². The molecule has 1 spiro atoms. The standard InChI is InChI=1S/C28H23Cl2FN6O4/c1-5-41-27-32-12-18(24(35-27)40-4)23-34-21-22(36(23)13(2)3)28(19-7-6-14(29)10-20(19)33-26(28)39)37(25(21)38)17-9-15(30)8-16(31)11-17/h6-13H,5H2,1-4H3,(H,33,39). The van der Waals surface area contributed by atoms with Crippen LogP contribution in [0.2, 0.25) is 10.0 Å². The number of rotatable bonds is 6. The number of nitrogens with zero attached hydrogens (tertiary/aromatic N) is 5. The highest BCUT2D eigenvalue weighted by Crippen LogP contribution is 2.54. The summed E-state index contributed by atoms with van der Waals surface area (Å²) in [6.07, 6.45) is 1.50. The number of ether oxygens (including phenoxy) is 2. The molecule has 6 rings (SSSR count). The number of halogens is 3. The Morgan fingerprint density at radius 1 is 1.10 bits per heavy atom. The fourth-order valence-electron chi connectivity index (χ4n) is 5.55. The lowest BCUT2D eigenvalue weighted by Gasteiger charge is -2.35. The highest BCUT2D eigenvalue weighted by molar-refractivity contribution is 6.32. The van der Waals surface area contributed by atoms with Gasteiger partial charge in [-0.2, -0.15) is 4.98 Å². The fraction of sp³-hybridized carbons (Fsp3) is 0.250. The number of amides is 2. The minimum atomic E-state index is -1.77. The lowest BCUT2D eigenvalue weighted by atomic mass is 9.87. The van der Waals surface area contributed by atoms with Crippen LogP contribution >= 0.6 is 23.2 Å². The van der Waals surface area contributed by atoms with Crippen LogP contribution in [-0.2, 0) is 10.3 Å². The summed E-state index contributed by atoms with van der Waals surface area (Å²) >= 11 is 12.5. The number of hydrogen-bond acceptors (Lipinski definition) is 7. The Morgan fingerprint density at radius 3 is 2.56 bits per heavy atom. The van der Waals surface area contributed by atoms with Gasteiger partial charge in [-0.1, -0.05) is 29.3 Å². The van der Waals surface area contributed by atoms with E-state index in [4.69, 9.17) is 37.7 Å². The number of methoxy groups -OCH3 is 1. The van der Waals surface area contributed by atoms with Crippen molar-refractivity contribution in [3.63, 3.8) is 0 Å². The average Bonchev–Trinajstić information content (AvgIpc) is 3.52. The van der Waals surface area contributed by atoms with Gasteiger partial charge in [0.2, 0.25) is 5.88 Å². The molecular weight excluding hydrogens is 574 g/mol. The van der Waals surface area contributed by atoms with Crippen LogP contribution in [0.5, 0.6) is 11.9 Å². The maximum atomic E-state index is 14.6. The zero-order chi connectivity index (χ0) is 29.2. The van der Waals surface area contributed by atoms with E-state index in [-0.39, 0.29) is 34.3 Å². The summed E-state index contributed by atoms with van der Waals surface area (Å²) in [5.41, 5.74) is -0.131. The van der Waals surface area contributed by atoms with Gasteiger partial charge in [-0.05, 0) is 51.1 Å². The van der Waals surface area contributed by atoms with Crippen molar-refractivity contribution in [1.82, 2.24) is 19.5 Å². The molecule has 0 aliphatic carbocycles. The number of carbonyl (C=O) groups is 2. The molecule has 210 valence electrons. The molecule has 1 unspecified atom stereocenters. The number of aromatic nitrogens is 4. The third kappa shape index (κ3) is 3.86. The van der Waals surface area contributed by atoms with Crippen LogP contribution in [0.4, 0.5) is 15.8 Å². The summed E-state index contributed by atoms with van der Waals surface area (Å²) in [6, 6.07) is 8.41. The molecule has 0 radical (unpaired) electrons. The minimum absolute atomic E-state index is 0.00275. The van der Waals surface area contributed by atoms with E-state index in [2.05, 4.69) is 15.3 Å². The normalized spacial score (nSPS) is 17.3. The molecule has 2 aliphatic rings. The highest BCUT2D eigenvalue weighted by Gasteiger charge is 2.64. The zero-order valence-corrected chi connectivity index (χ0v) is 23.8. The first-order valence-corrected chi connectivity index (χ1v) is 13.5. The molecule has 13 heteroatoms. The van der Waals surface area contributed by atoms with Gasteiger partial charge in [-0.3, -0.25) is 14.5 Å². The molecule has 2 aromatic heterocycles. The molecule has 2 aliphatic heterocycles. The first kappa shape index (κ1) is 27.0. The summed E-state index contributed by atoms with van der Waals surface area (Å²) in [5.74, 6) is -1.34. The summed E-state index contributed by atoms with van der Waals surface area (Å²) < 4.78 is 27.4. The lowest BCUT2D eigenvalue weighted by molar-refractivity contribution is -0.119. The second-order valence-corrected chi connectivity index (χ2v) is 10.6. The van der Waals surface area contributed by atoms with Crippen molar-refractivity contribution >= 4 is 46.4 Å². The molecule has 4 aromatic rings. The van der Waals surface area contributed by atoms with Gasteiger partial charge in [-0.25, -0.2) is 14.4 Å². The number of carbonyl (C=O) groups excluding carboxylic acids is 2. The van der Waals surface area contributed by atoms with E-state index in [9.17, 15) is 14.0 Å². The van der Waals surface area contributed by atoms with Gasteiger partial charge in [0.25, 0.3) is 11.8 Å². The van der Waals surface area contributed by atoms with E-state index >= 15 is 0 Å². The minimum Gasteiger partial charge on any atom is -0.480 e. The highest BCUT2D eigenvalue weighted by atomic mass is 35.5. The zero-order valence-electron chi connectivity index (χ0n) is 22.3. The summed E-state index contributed by atoms with van der Waals surface area (Å²) in [4.78, 5) is 43.1. The molecule has 1 atom stereocenters. The summed E-state index contributed by atoms with van der Waals surface area (Å²) in [7, 11) is 1.45. The second kappa shape index (κ2) is 9.71. The van der Waals surface area contributed by atoms with Gasteiger partial charge >= 0.3 is 6.01 Å². The molecule has 2 aromatic carbocycles. The molecule has 0 saturated heterocycles. The molecule has 2 amide bonds. The Balaban J connectivity index is 1.69. The largest absolute Gasteiger partial charge is 0.480 e. The van der Waals surface area contributed by atoms with Gasteiger partial charge in [0.15, 0.2) is 11.2 Å². The Hall–Kier alpha value is -4.22. The van der Waals surface area contributed by atoms with E-state index < -0.39 is 23.2 Å². The maximum Gasteiger partial charge on any atom is 0.319 e. The molecule has 0 saturated carbocycles. The molecule has 1 N–H and O–H groups in total. The number of nitrogens with one attached hydrogen (secondary N) is 1. The Kier molecular flexibility index (Phi) is 6.39. The van der Waals surface area contributed by atoms with Crippen molar-refractivity contribution in [2.75, 3.05) is 23.9 Å². The Morgan fingerprint density at radius 2 is 1.88 bits per heavy atom. The van der Waals surface area contributed by atoms with Gasteiger partial charge in [0.05, 0.1) is 30.7 Å². The predicted molar refractivity (Wildman–Crippen MR) is 150 cm³/mol. The number of imidazole rings is 1. The van der Waals surface area contributed by atoms with Gasteiger partial charge in [0, 0.05) is 33.5 Å². The van der Waals surface area contributed by atoms with Crippen LogP contribution in [0, 0.1) is 5.82 Å². The monoisotopic (exact) mass is 596 g/mol. The SMILES string of the molecule is CCOc1ncc(-c2nc3c(n2C(C)C)C2(C(=O)Nc4cc(Cl)ccc42)N(c2cc(F)cc(Cl)c2)C3=O)c(OC)n1. The van der Waals surface area contributed by atoms with Crippen LogP contribution in [0.25, 0.3) is 11.4 Å². The number of fused-ring (bicyclic) bond motifs is 4. The molecular formula is C28H23Cl2FN6O4. The summed E-state index contributed by atoms with van der Waals surface area (Å²) in [5, 5.41) is 3.32. The number of anilines is 2. The predicted octanol–water partition coefficient (Wildman–Crippen LogP) is 5.63. The van der Waals surface area contributed by atoms with Crippen LogP contribution in [0.3, 0.4) is 0 Å². The third-order valence-corrected chi connectivity index (χ3v) is 7.46. The molecule has 41 heavy (non-hydrogen) atoms. The molecule has 10 nitrogen and oxygen atoms in total. The molecule has 0 fully saturated rings. The smallest absolute Gasteiger partial charge is 0.319 e. The second-order valence-electron chi connectivity index (χ2n) is 9.73. The number of hydrogen-bond donors (Lipinski definition) is 1. The Labute approximate surface area is 244 Å². The van der Waals surface area contributed by atoms with Crippen LogP contribution < -0.4 is 19.7 Å². The lowest BCUT2D eigenvalue weighted by Crippen LogP contribution is -2.51. The van der Waals surface area contributed by atoms with Gasteiger partial charge in [0.1, 0.15) is 11.6 Å². The van der Waals surface area contributed by atoms with Crippen molar-refractivity contribution < 1.29 is 23.5 Å². The van der Waals surface area contributed by atoms with Crippen molar-refractivity contribution in [2.24, 2.45) is 0 Å². The topological polar surface area (TPSA) is 111 Å². The van der Waals surface area contributed by atoms with Crippen molar-refractivity contribution in [1.29, 1.82) is 0 Å². The van der Waals surface area contributed by atoms with Crippen molar-refractivity contribution in [3.05, 3.63) is 75.4 Å². The Bertz CT molecular complexity index is 1740. The van der Waals surface area contributed by atoms with Crippen LogP contribution in [0.15, 0.2) is 42.6 Å². The maximum absolute atomic E-state index is 14.6. The molecule has 0 bridgehead atoms. The van der Waals surface area contributed by atoms with E-state index in [0.717, 1.165) is 12.1 Å². The van der Waals surface area contributed by atoms with Crippen molar-refractivity contribution in [2.45, 2.75) is 32.4 Å². The van der Waals surface area contributed by atoms with E-state index in [1.54, 1.807) is 29.7 Å². The van der Waals surface area contributed by atoms with Crippen LogP contribution in [0.1, 0.15) is 48.6 Å². The van der Waals surface area contributed by atoms with Crippen LogP contribution in [-0.4, -0.2) is 45.1 Å². The third-order valence-electron chi connectivity index (χ3n) is 7.00. The number of benzene rings is 2.